The highest BCUT2D eigenvalue weighted by molar-refractivity contribution is 5.76. The molecule has 0 amide bonds. The standard InChI is InChI=1S/C16H16O3/c17-11-10-15(16(18)19)14-8-6-13(7-9-14)12-4-2-1-3-5-12/h1-9,15,17H,10-11H2,(H,18,19)/t15-/m1/s1. The van der Waals surface area contributed by atoms with Crippen LogP contribution in [0.4, 0.5) is 0 Å². The number of carboxylic acid groups (broad SMARTS) is 1. The van der Waals surface area contributed by atoms with Crippen LogP contribution in [0.1, 0.15) is 17.9 Å². The molecule has 2 aromatic rings. The highest BCUT2D eigenvalue weighted by Crippen LogP contribution is 2.24. The number of carbonyl (C=O) groups is 1. The third-order valence-electron chi connectivity index (χ3n) is 3.14. The number of aliphatic hydroxyl groups excluding tert-OH is 1. The van der Waals surface area contributed by atoms with Gasteiger partial charge >= 0.3 is 5.97 Å². The maximum atomic E-state index is 11.1. The van der Waals surface area contributed by atoms with E-state index in [2.05, 4.69) is 0 Å². The van der Waals surface area contributed by atoms with Crippen molar-refractivity contribution in [3.63, 3.8) is 0 Å². The first-order valence-electron chi connectivity index (χ1n) is 6.21. The molecule has 2 rings (SSSR count). The predicted octanol–water partition coefficient (Wildman–Crippen LogP) is 2.90. The molecule has 0 fully saturated rings. The Morgan fingerprint density at radius 1 is 0.947 bits per heavy atom. The van der Waals surface area contributed by atoms with Crippen LogP contribution in [0.25, 0.3) is 11.1 Å². The lowest BCUT2D eigenvalue weighted by Crippen LogP contribution is -2.13. The Bertz CT molecular complexity index is 532. The van der Waals surface area contributed by atoms with Crippen LogP contribution in [-0.4, -0.2) is 22.8 Å². The molecule has 0 heterocycles. The summed E-state index contributed by atoms with van der Waals surface area (Å²) in [4.78, 5) is 11.1. The van der Waals surface area contributed by atoms with Crippen molar-refractivity contribution in [1.29, 1.82) is 0 Å². The number of aliphatic hydroxyl groups is 1. The number of carboxylic acids is 1. The largest absolute Gasteiger partial charge is 0.481 e. The summed E-state index contributed by atoms with van der Waals surface area (Å²) < 4.78 is 0. The molecule has 3 nitrogen and oxygen atoms in total. The maximum absolute atomic E-state index is 11.1. The highest BCUT2D eigenvalue weighted by atomic mass is 16.4. The number of hydrogen-bond donors (Lipinski definition) is 2. The van der Waals surface area contributed by atoms with Gasteiger partial charge in [-0.05, 0) is 23.1 Å². The normalized spacial score (nSPS) is 12.1. The molecule has 0 radical (unpaired) electrons. The van der Waals surface area contributed by atoms with Crippen LogP contribution in [0.2, 0.25) is 0 Å². The summed E-state index contributed by atoms with van der Waals surface area (Å²) in [7, 11) is 0. The van der Waals surface area contributed by atoms with Crippen LogP contribution >= 0.6 is 0 Å². The van der Waals surface area contributed by atoms with Crippen LogP contribution in [0.3, 0.4) is 0 Å². The predicted molar refractivity (Wildman–Crippen MR) is 74.0 cm³/mol. The summed E-state index contributed by atoms with van der Waals surface area (Å²) in [6, 6.07) is 17.4. The van der Waals surface area contributed by atoms with Gasteiger partial charge in [0.2, 0.25) is 0 Å². The molecule has 0 spiro atoms. The van der Waals surface area contributed by atoms with Crippen LogP contribution in [0.15, 0.2) is 54.6 Å². The third kappa shape index (κ3) is 3.20. The van der Waals surface area contributed by atoms with Crippen LogP contribution in [0.5, 0.6) is 0 Å². The fourth-order valence-electron chi connectivity index (χ4n) is 2.10. The molecular formula is C16H16O3. The Morgan fingerprint density at radius 2 is 1.53 bits per heavy atom. The second-order valence-electron chi connectivity index (χ2n) is 4.39. The summed E-state index contributed by atoms with van der Waals surface area (Å²) >= 11 is 0. The van der Waals surface area contributed by atoms with Gasteiger partial charge in [-0.1, -0.05) is 54.6 Å². The van der Waals surface area contributed by atoms with Gasteiger partial charge in [-0.25, -0.2) is 0 Å². The zero-order valence-corrected chi connectivity index (χ0v) is 10.5. The van der Waals surface area contributed by atoms with E-state index in [0.717, 1.165) is 16.7 Å². The van der Waals surface area contributed by atoms with E-state index in [9.17, 15) is 4.79 Å². The summed E-state index contributed by atoms with van der Waals surface area (Å²) in [6.45, 7) is -0.128. The Morgan fingerprint density at radius 3 is 2.05 bits per heavy atom. The summed E-state index contributed by atoms with van der Waals surface area (Å²) in [6.07, 6.45) is 0.236. The van der Waals surface area contributed by atoms with Crippen LogP contribution < -0.4 is 0 Å². The average Bonchev–Trinajstić information content (AvgIpc) is 2.46. The lowest BCUT2D eigenvalue weighted by Gasteiger charge is -2.12. The molecule has 0 aromatic heterocycles. The van der Waals surface area contributed by atoms with Gasteiger partial charge in [-0.15, -0.1) is 0 Å². The summed E-state index contributed by atoms with van der Waals surface area (Å²) in [5, 5.41) is 18.0. The summed E-state index contributed by atoms with van der Waals surface area (Å²) in [5.74, 6) is -1.55. The number of aliphatic carboxylic acids is 1. The zero-order chi connectivity index (χ0) is 13.7. The molecule has 0 unspecified atom stereocenters. The second-order valence-corrected chi connectivity index (χ2v) is 4.39. The molecular weight excluding hydrogens is 240 g/mol. The SMILES string of the molecule is O=C(O)[C@H](CCO)c1ccc(-c2ccccc2)cc1. The minimum atomic E-state index is -0.901. The van der Waals surface area contributed by atoms with E-state index < -0.39 is 11.9 Å². The van der Waals surface area contributed by atoms with Gasteiger partial charge in [-0.2, -0.15) is 0 Å². The van der Waals surface area contributed by atoms with Crippen molar-refractivity contribution < 1.29 is 15.0 Å². The van der Waals surface area contributed by atoms with Crippen molar-refractivity contribution in [3.05, 3.63) is 60.2 Å². The van der Waals surface area contributed by atoms with Gasteiger partial charge in [0.25, 0.3) is 0 Å². The number of benzene rings is 2. The van der Waals surface area contributed by atoms with Gasteiger partial charge in [0.1, 0.15) is 0 Å². The van der Waals surface area contributed by atoms with Gasteiger partial charge in [0.15, 0.2) is 0 Å². The van der Waals surface area contributed by atoms with E-state index >= 15 is 0 Å². The van der Waals surface area contributed by atoms with Crippen molar-refractivity contribution in [2.75, 3.05) is 6.61 Å². The van der Waals surface area contributed by atoms with E-state index in [-0.39, 0.29) is 13.0 Å². The van der Waals surface area contributed by atoms with Crippen LogP contribution in [0, 0.1) is 0 Å². The van der Waals surface area contributed by atoms with E-state index in [0.29, 0.717) is 0 Å². The van der Waals surface area contributed by atoms with Gasteiger partial charge in [0.05, 0.1) is 5.92 Å². The maximum Gasteiger partial charge on any atom is 0.311 e. The molecule has 19 heavy (non-hydrogen) atoms. The van der Waals surface area contributed by atoms with E-state index in [1.165, 1.54) is 0 Å². The van der Waals surface area contributed by atoms with Crippen molar-refractivity contribution >= 4 is 5.97 Å². The lowest BCUT2D eigenvalue weighted by molar-refractivity contribution is -0.139. The Labute approximate surface area is 112 Å². The monoisotopic (exact) mass is 256 g/mol. The van der Waals surface area contributed by atoms with Gasteiger partial charge < -0.3 is 10.2 Å². The molecule has 0 saturated heterocycles. The van der Waals surface area contributed by atoms with E-state index in [1.807, 2.05) is 54.6 Å². The minimum Gasteiger partial charge on any atom is -0.481 e. The smallest absolute Gasteiger partial charge is 0.311 e. The Hall–Kier alpha value is -2.13. The molecule has 2 aromatic carbocycles. The molecule has 0 aliphatic carbocycles. The molecule has 0 bridgehead atoms. The molecule has 2 N–H and O–H groups in total. The van der Waals surface area contributed by atoms with Gasteiger partial charge in [0, 0.05) is 6.61 Å². The highest BCUT2D eigenvalue weighted by Gasteiger charge is 2.18. The fourth-order valence-corrected chi connectivity index (χ4v) is 2.10. The molecule has 0 aliphatic heterocycles. The third-order valence-corrected chi connectivity index (χ3v) is 3.14. The van der Waals surface area contributed by atoms with Crippen LogP contribution in [-0.2, 0) is 4.79 Å². The molecule has 0 saturated carbocycles. The first-order chi connectivity index (χ1) is 9.22. The van der Waals surface area contributed by atoms with Gasteiger partial charge in [-0.3, -0.25) is 4.79 Å². The first-order valence-corrected chi connectivity index (χ1v) is 6.21. The molecule has 1 atom stereocenters. The Balaban J connectivity index is 2.25. The fraction of sp³-hybridized carbons (Fsp3) is 0.188. The second kappa shape index (κ2) is 6.16. The van der Waals surface area contributed by atoms with Crippen molar-refractivity contribution in [2.24, 2.45) is 0 Å². The average molecular weight is 256 g/mol. The summed E-state index contributed by atoms with van der Waals surface area (Å²) in [5.41, 5.74) is 2.88. The van der Waals surface area contributed by atoms with E-state index in [4.69, 9.17) is 10.2 Å². The topological polar surface area (TPSA) is 57.5 Å². The zero-order valence-electron chi connectivity index (χ0n) is 10.5. The quantitative estimate of drug-likeness (QED) is 0.864. The molecule has 98 valence electrons. The number of rotatable bonds is 5. The van der Waals surface area contributed by atoms with Crippen molar-refractivity contribution in [2.45, 2.75) is 12.3 Å². The Kier molecular flexibility index (Phi) is 4.31. The van der Waals surface area contributed by atoms with Crippen molar-refractivity contribution in [3.8, 4) is 11.1 Å². The van der Waals surface area contributed by atoms with E-state index in [1.54, 1.807) is 0 Å². The lowest BCUT2D eigenvalue weighted by atomic mass is 9.94. The number of hydrogen-bond acceptors (Lipinski definition) is 2. The minimum absolute atomic E-state index is 0.128. The van der Waals surface area contributed by atoms with Crippen molar-refractivity contribution in [1.82, 2.24) is 0 Å². The first kappa shape index (κ1) is 13.3. The molecule has 0 aliphatic rings. The molecule has 3 heteroatoms.